The third-order valence-electron chi connectivity index (χ3n) is 5.59. The van der Waals surface area contributed by atoms with Gasteiger partial charge in [0.25, 0.3) is 5.89 Å². The second-order valence-corrected chi connectivity index (χ2v) is 7.91. The van der Waals surface area contributed by atoms with Crippen LogP contribution in [0.25, 0.3) is 22.4 Å². The molecular formula is C24H24N4O3. The molecule has 5 rings (SSSR count). The first kappa shape index (κ1) is 19.4. The van der Waals surface area contributed by atoms with Crippen LogP contribution in [0.4, 0.5) is 0 Å². The number of nitrogens with one attached hydrogen (secondary N) is 1. The monoisotopic (exact) mass is 416 g/mol. The highest BCUT2D eigenvalue weighted by atomic mass is 16.5. The fourth-order valence-electron chi connectivity index (χ4n) is 3.93. The number of likely N-dealkylation sites (tertiary alicyclic amines) is 1. The number of benzene rings is 2. The molecule has 0 aliphatic carbocycles. The molecule has 31 heavy (non-hydrogen) atoms. The molecule has 1 aliphatic rings. The molecule has 7 nitrogen and oxygen atoms in total. The van der Waals surface area contributed by atoms with Crippen molar-refractivity contribution in [3.8, 4) is 17.2 Å². The molecule has 2 aromatic carbocycles. The number of rotatable bonds is 7. The average molecular weight is 416 g/mol. The van der Waals surface area contributed by atoms with Gasteiger partial charge in [-0.1, -0.05) is 30.3 Å². The van der Waals surface area contributed by atoms with Crippen molar-refractivity contribution >= 4 is 16.8 Å². The Morgan fingerprint density at radius 3 is 2.90 bits per heavy atom. The number of fused-ring (bicyclic) bond motifs is 1. The van der Waals surface area contributed by atoms with Gasteiger partial charge in [-0.15, -0.1) is 0 Å². The predicted molar refractivity (Wildman–Crippen MR) is 117 cm³/mol. The summed E-state index contributed by atoms with van der Waals surface area (Å²) in [5.74, 6) is 1.95. The standard InChI is InChI=1S/C24H24N4O3/c1-2-11-30-20-7-3-16(4-8-20)14-28-15-19(13-22(28)29)23-26-24(31-27-23)18-6-5-17-9-10-25-21(17)12-18/h3-10,12,19,25H,2,11,13-15H2,1H3. The maximum Gasteiger partial charge on any atom is 0.258 e. The molecule has 1 N–H and O–H groups in total. The molecule has 4 aromatic rings. The molecule has 1 aliphatic heterocycles. The zero-order valence-electron chi connectivity index (χ0n) is 17.4. The van der Waals surface area contributed by atoms with Crippen LogP contribution in [0, 0.1) is 0 Å². The van der Waals surface area contributed by atoms with E-state index in [1.165, 1.54) is 0 Å². The average Bonchev–Trinajstić information content (AvgIpc) is 3.53. The SMILES string of the molecule is CCCOc1ccc(CN2CC(c3noc(-c4ccc5cc[nH]c5c4)n3)CC2=O)cc1. The van der Waals surface area contributed by atoms with Crippen LogP contribution >= 0.6 is 0 Å². The van der Waals surface area contributed by atoms with Gasteiger partial charge in [0.15, 0.2) is 5.82 Å². The highest BCUT2D eigenvalue weighted by molar-refractivity contribution is 5.83. The van der Waals surface area contributed by atoms with Gasteiger partial charge in [-0.05, 0) is 47.7 Å². The van der Waals surface area contributed by atoms with Crippen LogP contribution in [0.2, 0.25) is 0 Å². The van der Waals surface area contributed by atoms with Crippen molar-refractivity contribution in [2.75, 3.05) is 13.2 Å². The van der Waals surface area contributed by atoms with Gasteiger partial charge in [-0.2, -0.15) is 4.98 Å². The Labute approximate surface area is 180 Å². The summed E-state index contributed by atoms with van der Waals surface area (Å²) in [4.78, 5) is 22.2. The van der Waals surface area contributed by atoms with Crippen molar-refractivity contribution in [1.29, 1.82) is 0 Å². The van der Waals surface area contributed by atoms with Crippen molar-refractivity contribution in [3.05, 3.63) is 66.1 Å². The third-order valence-corrected chi connectivity index (χ3v) is 5.59. The fourth-order valence-corrected chi connectivity index (χ4v) is 3.93. The van der Waals surface area contributed by atoms with Crippen LogP contribution in [-0.4, -0.2) is 39.1 Å². The first-order chi connectivity index (χ1) is 15.2. The van der Waals surface area contributed by atoms with Gasteiger partial charge in [0, 0.05) is 42.7 Å². The van der Waals surface area contributed by atoms with E-state index in [0.29, 0.717) is 37.8 Å². The van der Waals surface area contributed by atoms with E-state index >= 15 is 0 Å². The Morgan fingerprint density at radius 1 is 1.19 bits per heavy atom. The zero-order valence-corrected chi connectivity index (χ0v) is 17.4. The van der Waals surface area contributed by atoms with Crippen LogP contribution in [0.5, 0.6) is 5.75 Å². The van der Waals surface area contributed by atoms with E-state index in [1.54, 1.807) is 0 Å². The number of hydrogen-bond acceptors (Lipinski definition) is 5. The number of carbonyl (C=O) groups excluding carboxylic acids is 1. The number of aromatic nitrogens is 3. The van der Waals surface area contributed by atoms with E-state index in [0.717, 1.165) is 34.2 Å². The fraction of sp³-hybridized carbons (Fsp3) is 0.292. The lowest BCUT2D eigenvalue weighted by molar-refractivity contribution is -0.128. The molecule has 0 radical (unpaired) electrons. The number of nitrogens with zero attached hydrogens (tertiary/aromatic N) is 3. The van der Waals surface area contributed by atoms with Gasteiger partial charge in [-0.3, -0.25) is 4.79 Å². The van der Waals surface area contributed by atoms with Crippen LogP contribution in [-0.2, 0) is 11.3 Å². The predicted octanol–water partition coefficient (Wildman–Crippen LogP) is 4.52. The van der Waals surface area contributed by atoms with Gasteiger partial charge < -0.3 is 19.1 Å². The summed E-state index contributed by atoms with van der Waals surface area (Å²) in [6, 6.07) is 15.9. The molecule has 1 amide bonds. The maximum atomic E-state index is 12.6. The van der Waals surface area contributed by atoms with E-state index in [-0.39, 0.29) is 11.8 Å². The summed E-state index contributed by atoms with van der Waals surface area (Å²) in [5.41, 5.74) is 2.96. The minimum Gasteiger partial charge on any atom is -0.494 e. The largest absolute Gasteiger partial charge is 0.494 e. The Kier molecular flexibility index (Phi) is 5.16. The van der Waals surface area contributed by atoms with Crippen LogP contribution in [0.1, 0.15) is 37.1 Å². The first-order valence-electron chi connectivity index (χ1n) is 10.6. The van der Waals surface area contributed by atoms with Gasteiger partial charge in [-0.25, -0.2) is 0 Å². The minimum absolute atomic E-state index is 0.0635. The molecule has 1 fully saturated rings. The van der Waals surface area contributed by atoms with Crippen molar-refractivity contribution in [1.82, 2.24) is 20.0 Å². The molecule has 1 saturated heterocycles. The number of hydrogen-bond donors (Lipinski definition) is 1. The Morgan fingerprint density at radius 2 is 2.06 bits per heavy atom. The number of H-pyrrole nitrogens is 1. The summed E-state index contributed by atoms with van der Waals surface area (Å²) < 4.78 is 11.1. The summed E-state index contributed by atoms with van der Waals surface area (Å²) in [7, 11) is 0. The number of aromatic amines is 1. The zero-order chi connectivity index (χ0) is 21.2. The van der Waals surface area contributed by atoms with Crippen molar-refractivity contribution in [2.45, 2.75) is 32.2 Å². The summed E-state index contributed by atoms with van der Waals surface area (Å²) in [5, 5.41) is 5.30. The topological polar surface area (TPSA) is 84.2 Å². The molecular weight excluding hydrogens is 392 g/mol. The van der Waals surface area contributed by atoms with Crippen molar-refractivity contribution in [3.63, 3.8) is 0 Å². The van der Waals surface area contributed by atoms with E-state index in [2.05, 4.69) is 22.0 Å². The number of amides is 1. The molecule has 1 unspecified atom stereocenters. The van der Waals surface area contributed by atoms with Crippen molar-refractivity contribution < 1.29 is 14.1 Å². The third kappa shape index (κ3) is 4.03. The van der Waals surface area contributed by atoms with Crippen LogP contribution in [0.3, 0.4) is 0 Å². The second kappa shape index (κ2) is 8.26. The minimum atomic E-state index is -0.0635. The molecule has 0 spiro atoms. The molecule has 2 aromatic heterocycles. The Bertz CT molecular complexity index is 1190. The Hall–Kier alpha value is -3.61. The second-order valence-electron chi connectivity index (χ2n) is 7.91. The van der Waals surface area contributed by atoms with E-state index in [9.17, 15) is 4.79 Å². The summed E-state index contributed by atoms with van der Waals surface area (Å²) in [6.07, 6.45) is 3.27. The molecule has 7 heteroatoms. The van der Waals surface area contributed by atoms with Crippen LogP contribution < -0.4 is 4.74 Å². The number of ether oxygens (including phenoxy) is 1. The van der Waals surface area contributed by atoms with Gasteiger partial charge in [0.2, 0.25) is 5.91 Å². The first-order valence-corrected chi connectivity index (χ1v) is 10.6. The lowest BCUT2D eigenvalue weighted by atomic mass is 10.1. The summed E-state index contributed by atoms with van der Waals surface area (Å²) >= 11 is 0. The van der Waals surface area contributed by atoms with Gasteiger partial charge in [0.05, 0.1) is 6.61 Å². The molecule has 1 atom stereocenters. The van der Waals surface area contributed by atoms with Gasteiger partial charge >= 0.3 is 0 Å². The lowest BCUT2D eigenvalue weighted by Crippen LogP contribution is -2.24. The maximum absolute atomic E-state index is 12.6. The smallest absolute Gasteiger partial charge is 0.258 e. The quantitative estimate of drug-likeness (QED) is 0.479. The van der Waals surface area contributed by atoms with Gasteiger partial charge in [0.1, 0.15) is 5.75 Å². The molecule has 3 heterocycles. The van der Waals surface area contributed by atoms with Crippen LogP contribution in [0.15, 0.2) is 59.3 Å². The highest BCUT2D eigenvalue weighted by Crippen LogP contribution is 2.30. The normalized spacial score (nSPS) is 16.4. The number of carbonyl (C=O) groups is 1. The van der Waals surface area contributed by atoms with Crippen molar-refractivity contribution in [2.24, 2.45) is 0 Å². The lowest BCUT2D eigenvalue weighted by Gasteiger charge is -2.16. The van der Waals surface area contributed by atoms with E-state index < -0.39 is 0 Å². The molecule has 0 saturated carbocycles. The van der Waals surface area contributed by atoms with E-state index in [4.69, 9.17) is 9.26 Å². The highest BCUT2D eigenvalue weighted by Gasteiger charge is 2.33. The molecule has 0 bridgehead atoms. The summed E-state index contributed by atoms with van der Waals surface area (Å²) in [6.45, 7) is 3.94. The Balaban J connectivity index is 1.26. The van der Waals surface area contributed by atoms with E-state index in [1.807, 2.05) is 59.6 Å². The molecule has 158 valence electrons.